The Labute approximate surface area is 111 Å². The molecule has 0 atom stereocenters. The van der Waals surface area contributed by atoms with Gasteiger partial charge in [-0.15, -0.1) is 11.3 Å². The Balaban J connectivity index is 2.11. The van der Waals surface area contributed by atoms with E-state index in [0.29, 0.717) is 11.7 Å². The van der Waals surface area contributed by atoms with E-state index in [4.69, 9.17) is 12.2 Å². The molecule has 0 aromatic carbocycles. The Morgan fingerprint density at radius 3 is 3.18 bits per heavy atom. The van der Waals surface area contributed by atoms with E-state index in [0.717, 1.165) is 27.5 Å². The highest BCUT2D eigenvalue weighted by Crippen LogP contribution is 2.21. The fraction of sp³-hybridized carbons (Fsp3) is 0.500. The molecule has 1 saturated heterocycles. The Morgan fingerprint density at radius 1 is 1.71 bits per heavy atom. The van der Waals surface area contributed by atoms with Gasteiger partial charge in [0.15, 0.2) is 8.99 Å². The van der Waals surface area contributed by atoms with Gasteiger partial charge in [-0.3, -0.25) is 0 Å². The molecule has 0 bridgehead atoms. The van der Waals surface area contributed by atoms with Crippen LogP contribution in [-0.4, -0.2) is 32.4 Å². The van der Waals surface area contributed by atoms with Crippen molar-refractivity contribution in [2.75, 3.05) is 12.3 Å². The van der Waals surface area contributed by atoms with E-state index >= 15 is 0 Å². The largest absolute Gasteiger partial charge is 0.343 e. The summed E-state index contributed by atoms with van der Waals surface area (Å²) in [6.45, 7) is 1.42. The molecule has 0 aliphatic carbocycles. The van der Waals surface area contributed by atoms with Gasteiger partial charge in [-0.25, -0.2) is 10.1 Å². The molecule has 0 saturated carbocycles. The quantitative estimate of drug-likeness (QED) is 0.525. The van der Waals surface area contributed by atoms with Crippen LogP contribution in [0.4, 0.5) is 0 Å². The van der Waals surface area contributed by atoms with Crippen LogP contribution < -0.4 is 0 Å². The van der Waals surface area contributed by atoms with E-state index in [9.17, 15) is 10.1 Å². The van der Waals surface area contributed by atoms with Crippen LogP contribution in [0.2, 0.25) is 0 Å². The predicted octanol–water partition coefficient (Wildman–Crippen LogP) is 2.29. The standard InChI is InChI=1S/C8H10N4O2S3/c13-12(14)10-7-11(2-1-3-16-7)5-6-4-9-8(15)17-6/h4H,1-3,5H2,(H,9,15). The van der Waals surface area contributed by atoms with Gasteiger partial charge in [0.2, 0.25) is 5.17 Å². The molecule has 92 valence electrons. The summed E-state index contributed by atoms with van der Waals surface area (Å²) in [7, 11) is 0. The average Bonchev–Trinajstić information content (AvgIpc) is 2.66. The number of hydrogen-bond donors (Lipinski definition) is 1. The second-order valence-corrected chi connectivity index (χ2v) is 6.25. The third kappa shape index (κ3) is 3.51. The monoisotopic (exact) mass is 290 g/mol. The number of hydrazone groups is 1. The normalized spacial score (nSPS) is 18.6. The van der Waals surface area contributed by atoms with Crippen molar-refractivity contribution in [1.82, 2.24) is 9.88 Å². The highest BCUT2D eigenvalue weighted by Gasteiger charge is 2.21. The molecular formula is C8H10N4O2S3. The number of hydrogen-bond acceptors (Lipinski definition) is 5. The summed E-state index contributed by atoms with van der Waals surface area (Å²) >= 11 is 7.91. The van der Waals surface area contributed by atoms with Crippen LogP contribution in [0.3, 0.4) is 0 Å². The SMILES string of the molecule is O=[N+]([O-])N=C1SCCCN1Cc1c[nH]c(=S)s1. The molecule has 0 spiro atoms. The van der Waals surface area contributed by atoms with E-state index < -0.39 is 5.03 Å². The number of aromatic nitrogens is 1. The molecule has 0 radical (unpaired) electrons. The highest BCUT2D eigenvalue weighted by atomic mass is 32.2. The zero-order chi connectivity index (χ0) is 12.3. The summed E-state index contributed by atoms with van der Waals surface area (Å²) in [6.07, 6.45) is 2.85. The molecule has 6 nitrogen and oxygen atoms in total. The van der Waals surface area contributed by atoms with E-state index in [1.165, 1.54) is 23.1 Å². The maximum Gasteiger partial charge on any atom is 0.237 e. The third-order valence-corrected chi connectivity index (χ3v) is 4.43. The number of thioether (sulfide) groups is 1. The first kappa shape index (κ1) is 12.5. The Hall–Kier alpha value is -0.930. The minimum atomic E-state index is -0.639. The number of nitrogens with zero attached hydrogens (tertiary/aromatic N) is 3. The zero-order valence-corrected chi connectivity index (χ0v) is 11.2. The molecule has 1 aliphatic rings. The molecule has 1 aromatic heterocycles. The lowest BCUT2D eigenvalue weighted by atomic mass is 10.4. The minimum Gasteiger partial charge on any atom is -0.343 e. The molecule has 1 N–H and O–H groups in total. The molecule has 17 heavy (non-hydrogen) atoms. The van der Waals surface area contributed by atoms with Gasteiger partial charge in [0.25, 0.3) is 0 Å². The molecule has 2 rings (SSSR count). The first-order valence-corrected chi connectivity index (χ1v) is 7.14. The summed E-state index contributed by atoms with van der Waals surface area (Å²) in [4.78, 5) is 16.4. The third-order valence-electron chi connectivity index (χ3n) is 2.16. The van der Waals surface area contributed by atoms with E-state index in [1.807, 2.05) is 11.1 Å². The minimum absolute atomic E-state index is 0.487. The fourth-order valence-electron chi connectivity index (χ4n) is 1.50. The van der Waals surface area contributed by atoms with Gasteiger partial charge in [-0.05, 0) is 18.6 Å². The van der Waals surface area contributed by atoms with Crippen molar-refractivity contribution in [2.45, 2.75) is 13.0 Å². The van der Waals surface area contributed by atoms with Gasteiger partial charge in [-0.2, -0.15) is 0 Å². The maximum atomic E-state index is 10.4. The lowest BCUT2D eigenvalue weighted by molar-refractivity contribution is -0.485. The van der Waals surface area contributed by atoms with Crippen molar-refractivity contribution in [1.29, 1.82) is 0 Å². The summed E-state index contributed by atoms with van der Waals surface area (Å²) in [5.41, 5.74) is 0. The number of aromatic amines is 1. The molecule has 1 aliphatic heterocycles. The van der Waals surface area contributed by atoms with Crippen molar-refractivity contribution in [3.8, 4) is 0 Å². The first-order chi connectivity index (χ1) is 8.15. The van der Waals surface area contributed by atoms with Gasteiger partial charge in [-0.1, -0.05) is 11.8 Å². The smallest absolute Gasteiger partial charge is 0.237 e. The highest BCUT2D eigenvalue weighted by molar-refractivity contribution is 8.13. The second-order valence-electron chi connectivity index (χ2n) is 3.39. The Kier molecular flexibility index (Phi) is 4.13. The topological polar surface area (TPSA) is 74.5 Å². The zero-order valence-electron chi connectivity index (χ0n) is 8.79. The Morgan fingerprint density at radius 2 is 2.53 bits per heavy atom. The molecule has 1 fully saturated rings. The van der Waals surface area contributed by atoms with Gasteiger partial charge >= 0.3 is 0 Å². The number of nitro groups is 1. The van der Waals surface area contributed by atoms with Crippen LogP contribution >= 0.6 is 35.3 Å². The van der Waals surface area contributed by atoms with Crippen molar-refractivity contribution < 1.29 is 5.03 Å². The number of H-pyrrole nitrogens is 1. The van der Waals surface area contributed by atoms with Gasteiger partial charge in [0.05, 0.1) is 11.6 Å². The molecule has 0 amide bonds. The maximum absolute atomic E-state index is 10.4. The number of thiazole rings is 1. The van der Waals surface area contributed by atoms with Crippen LogP contribution in [-0.2, 0) is 6.54 Å². The summed E-state index contributed by atoms with van der Waals surface area (Å²) in [5, 5.41) is 13.7. The number of rotatable bonds is 3. The molecule has 2 heterocycles. The predicted molar refractivity (Wildman–Crippen MR) is 71.4 cm³/mol. The number of nitrogens with one attached hydrogen (secondary N) is 1. The van der Waals surface area contributed by atoms with Gasteiger partial charge < -0.3 is 9.88 Å². The summed E-state index contributed by atoms with van der Waals surface area (Å²) in [5.74, 6) is 0.881. The van der Waals surface area contributed by atoms with E-state index in [-0.39, 0.29) is 0 Å². The van der Waals surface area contributed by atoms with Crippen LogP contribution in [0, 0.1) is 14.1 Å². The number of amidine groups is 1. The summed E-state index contributed by atoms with van der Waals surface area (Å²) < 4.78 is 0.720. The molecule has 9 heteroatoms. The molecule has 1 aromatic rings. The lowest BCUT2D eigenvalue weighted by Gasteiger charge is -2.26. The fourth-order valence-corrected chi connectivity index (χ4v) is 3.49. The van der Waals surface area contributed by atoms with Crippen LogP contribution in [0.5, 0.6) is 0 Å². The average molecular weight is 290 g/mol. The van der Waals surface area contributed by atoms with E-state index in [1.54, 1.807) is 0 Å². The first-order valence-electron chi connectivity index (χ1n) is 4.93. The molecule has 0 unspecified atom stereocenters. The van der Waals surface area contributed by atoms with E-state index in [2.05, 4.69) is 10.1 Å². The van der Waals surface area contributed by atoms with Gasteiger partial charge in [0.1, 0.15) is 0 Å². The Bertz CT molecular complexity index is 495. The van der Waals surface area contributed by atoms with Crippen LogP contribution in [0.25, 0.3) is 0 Å². The van der Waals surface area contributed by atoms with Crippen molar-refractivity contribution in [3.05, 3.63) is 25.1 Å². The van der Waals surface area contributed by atoms with Crippen molar-refractivity contribution in [3.63, 3.8) is 0 Å². The summed E-state index contributed by atoms with van der Waals surface area (Å²) in [6, 6.07) is 0. The van der Waals surface area contributed by atoms with Crippen LogP contribution in [0.1, 0.15) is 11.3 Å². The van der Waals surface area contributed by atoms with Crippen LogP contribution in [0.15, 0.2) is 11.3 Å². The van der Waals surface area contributed by atoms with Crippen molar-refractivity contribution in [2.24, 2.45) is 5.10 Å². The lowest BCUT2D eigenvalue weighted by Crippen LogP contribution is -2.33. The second kappa shape index (κ2) is 5.61. The van der Waals surface area contributed by atoms with Gasteiger partial charge in [0, 0.05) is 23.4 Å². The van der Waals surface area contributed by atoms with Crippen molar-refractivity contribution >= 4 is 40.5 Å². The molecular weight excluding hydrogens is 280 g/mol.